The third kappa shape index (κ3) is 7.11. The van der Waals surface area contributed by atoms with Crippen molar-refractivity contribution >= 4 is 12.1 Å². The maximum Gasteiger partial charge on any atom is 0.406 e. The molecule has 0 rings (SSSR count). The number of amides is 1. The van der Waals surface area contributed by atoms with E-state index in [2.05, 4.69) is 14.8 Å². The monoisotopic (exact) mass is 189 g/mol. The van der Waals surface area contributed by atoms with Crippen molar-refractivity contribution in [3.05, 3.63) is 0 Å². The summed E-state index contributed by atoms with van der Waals surface area (Å²) in [5.74, 6) is -0.224. The summed E-state index contributed by atoms with van der Waals surface area (Å²) in [5.41, 5.74) is 0. The molecular formula is C8H15NO4. The predicted molar refractivity (Wildman–Crippen MR) is 46.3 cm³/mol. The summed E-state index contributed by atoms with van der Waals surface area (Å²) in [6.07, 6.45) is 1.39. The van der Waals surface area contributed by atoms with E-state index >= 15 is 0 Å². The van der Waals surface area contributed by atoms with Crippen LogP contribution in [0.25, 0.3) is 0 Å². The average molecular weight is 189 g/mol. The van der Waals surface area contributed by atoms with Crippen molar-refractivity contribution < 1.29 is 19.1 Å². The number of hydrogen-bond acceptors (Lipinski definition) is 4. The second kappa shape index (κ2) is 7.39. The van der Waals surface area contributed by atoms with E-state index in [-0.39, 0.29) is 5.97 Å². The van der Waals surface area contributed by atoms with Crippen molar-refractivity contribution in [2.45, 2.75) is 19.3 Å². The highest BCUT2D eigenvalue weighted by Gasteiger charge is 2.00. The number of carbonyl (C=O) groups is 2. The molecule has 0 saturated heterocycles. The van der Waals surface area contributed by atoms with Crippen LogP contribution in [-0.2, 0) is 14.3 Å². The van der Waals surface area contributed by atoms with Crippen LogP contribution in [0, 0.1) is 0 Å². The number of alkyl carbamates (subject to hydrolysis) is 1. The fourth-order valence-corrected chi connectivity index (χ4v) is 0.759. The first-order chi connectivity index (χ1) is 6.20. The third-order valence-electron chi connectivity index (χ3n) is 1.49. The molecule has 0 aliphatic carbocycles. The molecule has 0 heterocycles. The molecule has 0 aromatic carbocycles. The van der Waals surface area contributed by atoms with E-state index in [9.17, 15) is 9.59 Å². The molecule has 0 bridgehead atoms. The Hall–Kier alpha value is -1.26. The van der Waals surface area contributed by atoms with Crippen LogP contribution in [0.5, 0.6) is 0 Å². The molecule has 5 nitrogen and oxygen atoms in total. The molecule has 0 aromatic rings. The molecule has 0 radical (unpaired) electrons. The van der Waals surface area contributed by atoms with Crippen LogP contribution in [0.4, 0.5) is 4.79 Å². The number of hydrogen-bond donors (Lipinski definition) is 1. The lowest BCUT2D eigenvalue weighted by atomic mass is 10.2. The number of unbranched alkanes of at least 4 members (excludes halogenated alkanes) is 1. The van der Waals surface area contributed by atoms with E-state index in [0.29, 0.717) is 19.4 Å². The summed E-state index contributed by atoms with van der Waals surface area (Å²) in [6.45, 7) is 0.518. The molecule has 1 amide bonds. The second-order valence-corrected chi connectivity index (χ2v) is 2.45. The molecule has 5 heteroatoms. The van der Waals surface area contributed by atoms with Crippen molar-refractivity contribution in [2.24, 2.45) is 0 Å². The number of ether oxygens (including phenoxy) is 2. The Kier molecular flexibility index (Phi) is 6.68. The average Bonchev–Trinajstić information content (AvgIpc) is 2.16. The minimum absolute atomic E-state index is 0.224. The van der Waals surface area contributed by atoms with Gasteiger partial charge in [-0.3, -0.25) is 4.79 Å². The number of carbonyl (C=O) groups excluding carboxylic acids is 2. The third-order valence-corrected chi connectivity index (χ3v) is 1.49. The minimum Gasteiger partial charge on any atom is -0.469 e. The first-order valence-electron chi connectivity index (χ1n) is 4.09. The number of rotatable bonds is 5. The van der Waals surface area contributed by atoms with Gasteiger partial charge in [0.05, 0.1) is 14.2 Å². The van der Waals surface area contributed by atoms with Crippen LogP contribution in [0.1, 0.15) is 19.3 Å². The Morgan fingerprint density at radius 1 is 1.15 bits per heavy atom. The van der Waals surface area contributed by atoms with Crippen molar-refractivity contribution in [1.29, 1.82) is 0 Å². The standard InChI is InChI=1S/C8H15NO4/c1-12-7(10)5-3-4-6-9-8(11)13-2/h3-6H2,1-2H3,(H,9,11). The second-order valence-electron chi connectivity index (χ2n) is 2.45. The van der Waals surface area contributed by atoms with E-state index in [4.69, 9.17) is 0 Å². The summed E-state index contributed by atoms with van der Waals surface area (Å²) in [4.78, 5) is 21.2. The number of esters is 1. The van der Waals surface area contributed by atoms with Crippen molar-refractivity contribution in [3.8, 4) is 0 Å². The van der Waals surface area contributed by atoms with Gasteiger partial charge in [-0.15, -0.1) is 0 Å². The molecule has 0 aliphatic heterocycles. The molecule has 0 aliphatic rings. The molecule has 0 saturated carbocycles. The maximum atomic E-state index is 10.6. The van der Waals surface area contributed by atoms with Crippen molar-refractivity contribution in [2.75, 3.05) is 20.8 Å². The molecular weight excluding hydrogens is 174 g/mol. The molecule has 0 unspecified atom stereocenters. The zero-order valence-corrected chi connectivity index (χ0v) is 7.96. The molecule has 0 spiro atoms. The topological polar surface area (TPSA) is 64.6 Å². The number of methoxy groups -OCH3 is 2. The lowest BCUT2D eigenvalue weighted by Gasteiger charge is -2.02. The van der Waals surface area contributed by atoms with Gasteiger partial charge in [-0.1, -0.05) is 0 Å². The SMILES string of the molecule is COC(=O)CCCCNC(=O)OC. The van der Waals surface area contributed by atoms with Crippen LogP contribution in [0.3, 0.4) is 0 Å². The van der Waals surface area contributed by atoms with Gasteiger partial charge in [0.2, 0.25) is 0 Å². The summed E-state index contributed by atoms with van der Waals surface area (Å²) >= 11 is 0. The van der Waals surface area contributed by atoms with Crippen LogP contribution in [0.2, 0.25) is 0 Å². The molecule has 0 fully saturated rings. The van der Waals surface area contributed by atoms with Gasteiger partial charge in [0.25, 0.3) is 0 Å². The Bertz CT molecular complexity index is 152. The zero-order valence-electron chi connectivity index (χ0n) is 7.96. The van der Waals surface area contributed by atoms with E-state index < -0.39 is 6.09 Å². The molecule has 0 atom stereocenters. The van der Waals surface area contributed by atoms with Crippen molar-refractivity contribution in [1.82, 2.24) is 5.32 Å². The highest BCUT2D eigenvalue weighted by Crippen LogP contribution is 1.95. The van der Waals surface area contributed by atoms with Crippen LogP contribution in [0.15, 0.2) is 0 Å². The molecule has 13 heavy (non-hydrogen) atoms. The smallest absolute Gasteiger partial charge is 0.406 e. The Morgan fingerprint density at radius 2 is 1.85 bits per heavy atom. The Morgan fingerprint density at radius 3 is 2.38 bits per heavy atom. The van der Waals surface area contributed by atoms with Crippen LogP contribution in [-0.4, -0.2) is 32.8 Å². The van der Waals surface area contributed by atoms with Gasteiger partial charge in [0.1, 0.15) is 0 Å². The van der Waals surface area contributed by atoms with Gasteiger partial charge in [-0.2, -0.15) is 0 Å². The first kappa shape index (κ1) is 11.7. The van der Waals surface area contributed by atoms with E-state index in [1.54, 1.807) is 0 Å². The number of nitrogens with one attached hydrogen (secondary N) is 1. The molecule has 76 valence electrons. The van der Waals surface area contributed by atoms with Crippen LogP contribution < -0.4 is 5.32 Å². The normalized spacial score (nSPS) is 9.08. The van der Waals surface area contributed by atoms with Gasteiger partial charge >= 0.3 is 12.1 Å². The fourth-order valence-electron chi connectivity index (χ4n) is 0.759. The molecule has 1 N–H and O–H groups in total. The van der Waals surface area contributed by atoms with E-state index in [1.165, 1.54) is 14.2 Å². The van der Waals surface area contributed by atoms with Crippen LogP contribution >= 0.6 is 0 Å². The summed E-state index contributed by atoms with van der Waals surface area (Å²) in [5, 5.41) is 2.51. The highest BCUT2D eigenvalue weighted by molar-refractivity contribution is 5.69. The van der Waals surface area contributed by atoms with Gasteiger partial charge in [0.15, 0.2) is 0 Å². The lowest BCUT2D eigenvalue weighted by Crippen LogP contribution is -2.24. The van der Waals surface area contributed by atoms with Gasteiger partial charge in [-0.05, 0) is 12.8 Å². The van der Waals surface area contributed by atoms with E-state index in [0.717, 1.165) is 6.42 Å². The predicted octanol–water partition coefficient (Wildman–Crippen LogP) is 0.686. The van der Waals surface area contributed by atoms with Gasteiger partial charge < -0.3 is 14.8 Å². The minimum atomic E-state index is -0.446. The quantitative estimate of drug-likeness (QED) is 0.510. The molecule has 0 aromatic heterocycles. The van der Waals surface area contributed by atoms with Crippen molar-refractivity contribution in [3.63, 3.8) is 0 Å². The summed E-state index contributed by atoms with van der Waals surface area (Å²) < 4.78 is 8.81. The van der Waals surface area contributed by atoms with Gasteiger partial charge in [-0.25, -0.2) is 4.79 Å². The maximum absolute atomic E-state index is 10.6. The highest BCUT2D eigenvalue weighted by atomic mass is 16.5. The zero-order chi connectivity index (χ0) is 10.1. The lowest BCUT2D eigenvalue weighted by molar-refractivity contribution is -0.140. The van der Waals surface area contributed by atoms with Gasteiger partial charge in [0, 0.05) is 13.0 Å². The summed E-state index contributed by atoms with van der Waals surface area (Å²) in [7, 11) is 2.67. The summed E-state index contributed by atoms with van der Waals surface area (Å²) in [6, 6.07) is 0. The Balaban J connectivity index is 3.17. The largest absolute Gasteiger partial charge is 0.469 e. The van der Waals surface area contributed by atoms with E-state index in [1.807, 2.05) is 0 Å². The fraction of sp³-hybridized carbons (Fsp3) is 0.750. The Labute approximate surface area is 77.4 Å². The first-order valence-corrected chi connectivity index (χ1v) is 4.09.